The van der Waals surface area contributed by atoms with Crippen molar-refractivity contribution in [3.8, 4) is 5.75 Å². The van der Waals surface area contributed by atoms with Crippen LogP contribution in [-0.2, 0) is 4.79 Å². The van der Waals surface area contributed by atoms with Crippen LogP contribution in [0.1, 0.15) is 41.9 Å². The lowest BCUT2D eigenvalue weighted by Crippen LogP contribution is -2.46. The number of amides is 2. The zero-order valence-corrected chi connectivity index (χ0v) is 18.7. The molecule has 1 aromatic heterocycles. The first kappa shape index (κ1) is 21.5. The van der Waals surface area contributed by atoms with Gasteiger partial charge >= 0.3 is 0 Å². The van der Waals surface area contributed by atoms with E-state index >= 15 is 0 Å². The van der Waals surface area contributed by atoms with Gasteiger partial charge in [-0.05, 0) is 50.1 Å². The molecule has 0 spiro atoms. The van der Waals surface area contributed by atoms with Crippen molar-refractivity contribution in [1.29, 1.82) is 0 Å². The maximum Gasteiger partial charge on any atom is 0.256 e. The Morgan fingerprint density at radius 2 is 2.03 bits per heavy atom. The third-order valence-electron chi connectivity index (χ3n) is 5.51. The molecule has 2 amide bonds. The van der Waals surface area contributed by atoms with Gasteiger partial charge in [-0.15, -0.1) is 0 Å². The first-order chi connectivity index (χ1) is 14.9. The smallest absolute Gasteiger partial charge is 0.256 e. The lowest BCUT2D eigenvalue weighted by molar-refractivity contribution is -0.125. The molecule has 1 fully saturated rings. The first-order valence-electron chi connectivity index (χ1n) is 10.0. The van der Waals surface area contributed by atoms with Crippen molar-refractivity contribution in [1.82, 2.24) is 10.2 Å². The topological polar surface area (TPSA) is 71.8 Å². The number of para-hydroxylation sites is 1. The number of carbonyl (C=O) groups is 2. The summed E-state index contributed by atoms with van der Waals surface area (Å²) < 4.78 is 11.3. The van der Waals surface area contributed by atoms with E-state index in [0.29, 0.717) is 45.7 Å². The van der Waals surface area contributed by atoms with Crippen molar-refractivity contribution in [2.24, 2.45) is 0 Å². The highest BCUT2D eigenvalue weighted by Crippen LogP contribution is 2.31. The molecule has 2 unspecified atom stereocenters. The van der Waals surface area contributed by atoms with Crippen molar-refractivity contribution in [2.45, 2.75) is 31.8 Å². The number of furan rings is 1. The van der Waals surface area contributed by atoms with Crippen LogP contribution in [0.4, 0.5) is 0 Å². The summed E-state index contributed by atoms with van der Waals surface area (Å²) in [6, 6.07) is 11.3. The molecular weight excluding hydrogens is 439 g/mol. The van der Waals surface area contributed by atoms with Gasteiger partial charge in [0.2, 0.25) is 5.91 Å². The molecule has 6 nitrogen and oxygen atoms in total. The van der Waals surface area contributed by atoms with Crippen molar-refractivity contribution in [2.75, 3.05) is 13.7 Å². The second-order valence-electron chi connectivity index (χ2n) is 7.54. The van der Waals surface area contributed by atoms with E-state index < -0.39 is 6.04 Å². The Morgan fingerprint density at radius 1 is 1.23 bits per heavy atom. The molecule has 1 aliphatic heterocycles. The number of rotatable bonds is 5. The summed E-state index contributed by atoms with van der Waals surface area (Å²) in [5.74, 6) is 0.713. The van der Waals surface area contributed by atoms with Gasteiger partial charge in [-0.25, -0.2) is 0 Å². The minimum atomic E-state index is -0.580. The standard InChI is InChI=1S/C23H22Cl2N2O4/c1-13(20-11-14-5-3-7-19(30-2)21(14)31-20)26-22(28)18-6-4-10-27(18)23(29)16-12-15(24)8-9-17(16)25/h3,5,7-9,11-13,18H,4,6,10H2,1-2H3,(H,26,28). The second kappa shape index (κ2) is 8.81. The molecule has 0 aliphatic carbocycles. The molecule has 2 atom stereocenters. The van der Waals surface area contributed by atoms with Crippen LogP contribution >= 0.6 is 23.2 Å². The number of likely N-dealkylation sites (tertiary alicyclic amines) is 1. The molecule has 1 N–H and O–H groups in total. The fourth-order valence-corrected chi connectivity index (χ4v) is 4.28. The molecule has 1 aliphatic rings. The number of halogens is 2. The molecule has 3 aromatic rings. The van der Waals surface area contributed by atoms with Crippen LogP contribution in [0.5, 0.6) is 5.75 Å². The summed E-state index contributed by atoms with van der Waals surface area (Å²) in [7, 11) is 1.58. The summed E-state index contributed by atoms with van der Waals surface area (Å²) in [6.07, 6.45) is 1.31. The van der Waals surface area contributed by atoms with Crippen LogP contribution in [0.15, 0.2) is 46.9 Å². The lowest BCUT2D eigenvalue weighted by Gasteiger charge is -2.25. The van der Waals surface area contributed by atoms with Crippen LogP contribution < -0.4 is 10.1 Å². The highest BCUT2D eigenvalue weighted by molar-refractivity contribution is 6.35. The Bertz CT molecular complexity index is 1140. The minimum Gasteiger partial charge on any atom is -0.493 e. The summed E-state index contributed by atoms with van der Waals surface area (Å²) in [5, 5.41) is 4.59. The molecule has 0 saturated carbocycles. The SMILES string of the molecule is COc1cccc2cc(C(C)NC(=O)C3CCCN3C(=O)c3cc(Cl)ccc3Cl)oc12. The van der Waals surface area contributed by atoms with E-state index in [1.54, 1.807) is 24.1 Å². The number of nitrogens with zero attached hydrogens (tertiary/aromatic N) is 1. The highest BCUT2D eigenvalue weighted by atomic mass is 35.5. The van der Waals surface area contributed by atoms with Crippen molar-refractivity contribution in [3.05, 3.63) is 63.8 Å². The van der Waals surface area contributed by atoms with Gasteiger partial charge in [-0.2, -0.15) is 0 Å². The number of methoxy groups -OCH3 is 1. The number of benzene rings is 2. The van der Waals surface area contributed by atoms with Crippen molar-refractivity contribution in [3.63, 3.8) is 0 Å². The Hall–Kier alpha value is -2.70. The van der Waals surface area contributed by atoms with Gasteiger partial charge in [0.1, 0.15) is 11.8 Å². The van der Waals surface area contributed by atoms with E-state index in [-0.39, 0.29) is 17.9 Å². The van der Waals surface area contributed by atoms with Gasteiger partial charge in [0.05, 0.1) is 23.7 Å². The lowest BCUT2D eigenvalue weighted by atomic mass is 10.1. The highest BCUT2D eigenvalue weighted by Gasteiger charge is 2.36. The maximum atomic E-state index is 13.0. The normalized spacial score (nSPS) is 17.0. The van der Waals surface area contributed by atoms with Gasteiger partial charge in [-0.1, -0.05) is 35.3 Å². The van der Waals surface area contributed by atoms with Crippen molar-refractivity contribution >= 4 is 46.0 Å². The first-order valence-corrected chi connectivity index (χ1v) is 10.8. The predicted octanol–water partition coefficient (Wildman–Crippen LogP) is 5.23. The zero-order chi connectivity index (χ0) is 22.1. The fourth-order valence-electron chi connectivity index (χ4n) is 3.91. The van der Waals surface area contributed by atoms with Gasteiger partial charge in [0, 0.05) is 17.0 Å². The summed E-state index contributed by atoms with van der Waals surface area (Å²) in [5.41, 5.74) is 0.931. The van der Waals surface area contributed by atoms with Crippen LogP contribution in [0.2, 0.25) is 10.0 Å². The molecular formula is C23H22Cl2N2O4. The van der Waals surface area contributed by atoms with Crippen LogP contribution in [0.3, 0.4) is 0 Å². The Kier molecular flexibility index (Phi) is 6.12. The van der Waals surface area contributed by atoms with E-state index in [1.165, 1.54) is 6.07 Å². The van der Waals surface area contributed by atoms with E-state index in [9.17, 15) is 9.59 Å². The van der Waals surface area contributed by atoms with Gasteiger partial charge in [0.15, 0.2) is 11.3 Å². The molecule has 4 rings (SSSR count). The number of hydrogen-bond donors (Lipinski definition) is 1. The number of hydrogen-bond acceptors (Lipinski definition) is 4. The third-order valence-corrected chi connectivity index (χ3v) is 6.07. The molecule has 0 bridgehead atoms. The summed E-state index contributed by atoms with van der Waals surface area (Å²) in [6.45, 7) is 2.33. The Labute approximate surface area is 190 Å². The molecule has 2 heterocycles. The van der Waals surface area contributed by atoms with Gasteiger partial charge < -0.3 is 19.4 Å². The monoisotopic (exact) mass is 460 g/mol. The quantitative estimate of drug-likeness (QED) is 0.565. The summed E-state index contributed by atoms with van der Waals surface area (Å²) >= 11 is 12.2. The number of ether oxygens (including phenoxy) is 1. The molecule has 162 valence electrons. The van der Waals surface area contributed by atoms with E-state index in [4.69, 9.17) is 32.4 Å². The average molecular weight is 461 g/mol. The fraction of sp³-hybridized carbons (Fsp3) is 0.304. The maximum absolute atomic E-state index is 13.0. The van der Waals surface area contributed by atoms with E-state index in [1.807, 2.05) is 31.2 Å². The molecule has 0 radical (unpaired) electrons. The third kappa shape index (κ3) is 4.23. The average Bonchev–Trinajstić information content (AvgIpc) is 3.42. The minimum absolute atomic E-state index is 0.232. The van der Waals surface area contributed by atoms with Crippen LogP contribution in [-0.4, -0.2) is 36.4 Å². The Balaban J connectivity index is 1.51. The second-order valence-corrected chi connectivity index (χ2v) is 8.38. The molecule has 31 heavy (non-hydrogen) atoms. The number of carbonyl (C=O) groups excluding carboxylic acids is 2. The summed E-state index contributed by atoms with van der Waals surface area (Å²) in [4.78, 5) is 27.6. The zero-order valence-electron chi connectivity index (χ0n) is 17.2. The number of nitrogens with one attached hydrogen (secondary N) is 1. The predicted molar refractivity (Wildman–Crippen MR) is 120 cm³/mol. The van der Waals surface area contributed by atoms with Crippen LogP contribution in [0, 0.1) is 0 Å². The van der Waals surface area contributed by atoms with Crippen LogP contribution in [0.25, 0.3) is 11.0 Å². The molecule has 8 heteroatoms. The largest absolute Gasteiger partial charge is 0.493 e. The van der Waals surface area contributed by atoms with Crippen molar-refractivity contribution < 1.29 is 18.7 Å². The molecule has 2 aromatic carbocycles. The number of fused-ring (bicyclic) bond motifs is 1. The van der Waals surface area contributed by atoms with Gasteiger partial charge in [0.25, 0.3) is 5.91 Å². The molecule has 1 saturated heterocycles. The van der Waals surface area contributed by atoms with Gasteiger partial charge in [-0.3, -0.25) is 9.59 Å². The Morgan fingerprint density at radius 3 is 2.81 bits per heavy atom. The van der Waals surface area contributed by atoms with E-state index in [0.717, 1.165) is 11.8 Å². The van der Waals surface area contributed by atoms with E-state index in [2.05, 4.69) is 5.32 Å².